The van der Waals surface area contributed by atoms with E-state index in [1.165, 1.54) is 38.9 Å². The van der Waals surface area contributed by atoms with Crippen LogP contribution in [0.3, 0.4) is 0 Å². The summed E-state index contributed by atoms with van der Waals surface area (Å²) >= 11 is 3.11. The summed E-state index contributed by atoms with van der Waals surface area (Å²) in [6, 6.07) is -0.409. The average Bonchev–Trinajstić information content (AvgIpc) is 3.25. The Labute approximate surface area is 145 Å². The molecule has 3 heterocycles. The average molecular weight is 361 g/mol. The van der Waals surface area contributed by atoms with E-state index in [2.05, 4.69) is 20.6 Å². The lowest BCUT2D eigenvalue weighted by atomic mass is 10.3. The quantitative estimate of drug-likeness (QED) is 0.744. The number of carbonyl (C=O) groups is 1. The minimum absolute atomic E-state index is 0.164. The number of rotatable bonds is 4. The van der Waals surface area contributed by atoms with Crippen LogP contribution in [-0.2, 0) is 19.3 Å². The molecule has 0 saturated carbocycles. The number of fused-ring (bicyclic) bond motifs is 2. The van der Waals surface area contributed by atoms with Crippen molar-refractivity contribution in [2.45, 2.75) is 25.7 Å². The lowest BCUT2D eigenvalue weighted by molar-refractivity contribution is 0.252. The molecule has 0 atom stereocenters. The monoisotopic (exact) mass is 361 g/mol. The van der Waals surface area contributed by atoms with Crippen molar-refractivity contribution < 1.29 is 4.79 Å². The van der Waals surface area contributed by atoms with E-state index in [9.17, 15) is 9.59 Å². The van der Waals surface area contributed by atoms with E-state index in [1.807, 2.05) is 0 Å². The zero-order valence-corrected chi connectivity index (χ0v) is 14.4. The van der Waals surface area contributed by atoms with Crippen LogP contribution < -0.4 is 16.2 Å². The van der Waals surface area contributed by atoms with Gasteiger partial charge >= 0.3 is 6.03 Å². The SMILES string of the molecule is O=C(NCCc1nc2c(s1)CCC2)Nc1cnc2sccn2c1=O. The third kappa shape index (κ3) is 2.92. The number of urea groups is 1. The van der Waals surface area contributed by atoms with E-state index in [1.54, 1.807) is 22.9 Å². The summed E-state index contributed by atoms with van der Waals surface area (Å²) in [5, 5.41) is 8.15. The number of aromatic nitrogens is 3. The maximum atomic E-state index is 12.2. The summed E-state index contributed by atoms with van der Waals surface area (Å²) in [6.07, 6.45) is 7.13. The van der Waals surface area contributed by atoms with E-state index in [0.717, 1.165) is 17.8 Å². The van der Waals surface area contributed by atoms with Crippen LogP contribution in [0.25, 0.3) is 4.96 Å². The van der Waals surface area contributed by atoms with Crippen molar-refractivity contribution in [1.82, 2.24) is 19.7 Å². The van der Waals surface area contributed by atoms with Gasteiger partial charge in [0.2, 0.25) is 0 Å². The van der Waals surface area contributed by atoms with Gasteiger partial charge in [0.15, 0.2) is 4.96 Å². The van der Waals surface area contributed by atoms with E-state index in [4.69, 9.17) is 0 Å². The highest BCUT2D eigenvalue weighted by Crippen LogP contribution is 2.27. The molecule has 124 valence electrons. The molecule has 1 aliphatic rings. The van der Waals surface area contributed by atoms with Crippen LogP contribution in [0, 0.1) is 0 Å². The number of carbonyl (C=O) groups excluding carboxylic acids is 1. The second kappa shape index (κ2) is 6.33. The zero-order valence-electron chi connectivity index (χ0n) is 12.7. The van der Waals surface area contributed by atoms with E-state index in [0.29, 0.717) is 17.9 Å². The molecule has 0 bridgehead atoms. The molecule has 0 saturated heterocycles. The lowest BCUT2D eigenvalue weighted by Crippen LogP contribution is -2.33. The van der Waals surface area contributed by atoms with Gasteiger partial charge in [-0.15, -0.1) is 22.7 Å². The molecule has 0 aromatic carbocycles. The van der Waals surface area contributed by atoms with Gasteiger partial charge in [-0.3, -0.25) is 9.20 Å². The molecule has 0 unspecified atom stereocenters. The number of nitrogens with zero attached hydrogens (tertiary/aromatic N) is 3. The van der Waals surface area contributed by atoms with Crippen LogP contribution in [0.4, 0.5) is 10.5 Å². The highest BCUT2D eigenvalue weighted by molar-refractivity contribution is 7.15. The molecular weight excluding hydrogens is 346 g/mol. The van der Waals surface area contributed by atoms with Crippen LogP contribution in [0.5, 0.6) is 0 Å². The Morgan fingerprint density at radius 2 is 2.29 bits per heavy atom. The van der Waals surface area contributed by atoms with Gasteiger partial charge < -0.3 is 10.6 Å². The summed E-state index contributed by atoms with van der Waals surface area (Å²) < 4.78 is 1.41. The van der Waals surface area contributed by atoms with E-state index < -0.39 is 6.03 Å². The normalized spacial score (nSPS) is 13.2. The minimum atomic E-state index is -0.409. The molecule has 7 nitrogen and oxygen atoms in total. The number of amides is 2. The molecule has 3 aromatic rings. The summed E-state index contributed by atoms with van der Waals surface area (Å²) in [4.78, 5) is 34.9. The highest BCUT2D eigenvalue weighted by Gasteiger charge is 2.16. The smallest absolute Gasteiger partial charge is 0.319 e. The third-order valence-electron chi connectivity index (χ3n) is 3.86. The van der Waals surface area contributed by atoms with E-state index >= 15 is 0 Å². The standard InChI is InChI=1S/C15H15N5O2S2/c21-13-10(8-17-15-20(13)6-7-23-15)19-14(22)16-5-4-12-18-9-2-1-3-11(9)24-12/h6-8H,1-5H2,(H2,16,19,22). The first-order chi connectivity index (χ1) is 11.7. The molecular formula is C15H15N5O2S2. The number of aryl methyl sites for hydroxylation is 2. The van der Waals surface area contributed by atoms with Crippen LogP contribution in [0.1, 0.15) is 22.0 Å². The van der Waals surface area contributed by atoms with Crippen molar-refractivity contribution >= 4 is 39.4 Å². The lowest BCUT2D eigenvalue weighted by Gasteiger charge is -2.06. The molecule has 0 spiro atoms. The fraction of sp³-hybridized carbons (Fsp3) is 0.333. The Hall–Kier alpha value is -2.26. The van der Waals surface area contributed by atoms with Crippen molar-refractivity contribution in [1.29, 1.82) is 0 Å². The fourth-order valence-corrected chi connectivity index (χ4v) is 4.54. The van der Waals surface area contributed by atoms with Gasteiger partial charge in [0.25, 0.3) is 5.56 Å². The second-order valence-electron chi connectivity index (χ2n) is 5.49. The van der Waals surface area contributed by atoms with Crippen LogP contribution in [0.15, 0.2) is 22.6 Å². The van der Waals surface area contributed by atoms with Crippen molar-refractivity contribution in [3.05, 3.63) is 43.7 Å². The van der Waals surface area contributed by atoms with Crippen molar-refractivity contribution in [2.75, 3.05) is 11.9 Å². The largest absolute Gasteiger partial charge is 0.337 e. The maximum absolute atomic E-state index is 12.2. The van der Waals surface area contributed by atoms with Crippen molar-refractivity contribution in [2.24, 2.45) is 0 Å². The Bertz CT molecular complexity index is 937. The summed E-state index contributed by atoms with van der Waals surface area (Å²) in [6.45, 7) is 0.480. The second-order valence-corrected chi connectivity index (χ2v) is 7.54. The minimum Gasteiger partial charge on any atom is -0.337 e. The zero-order chi connectivity index (χ0) is 16.5. The van der Waals surface area contributed by atoms with Crippen molar-refractivity contribution in [3.8, 4) is 0 Å². The third-order valence-corrected chi connectivity index (χ3v) is 5.84. The first-order valence-corrected chi connectivity index (χ1v) is 9.37. The van der Waals surface area contributed by atoms with Gasteiger partial charge in [0, 0.05) is 29.4 Å². The summed E-state index contributed by atoms with van der Waals surface area (Å²) in [5.74, 6) is 0. The molecule has 2 amide bonds. The van der Waals surface area contributed by atoms with Gasteiger partial charge in [0.1, 0.15) is 5.69 Å². The predicted octanol–water partition coefficient (Wildman–Crippen LogP) is 2.07. The number of anilines is 1. The summed E-state index contributed by atoms with van der Waals surface area (Å²) in [7, 11) is 0. The Kier molecular flexibility index (Phi) is 4.03. The Morgan fingerprint density at radius 3 is 3.17 bits per heavy atom. The summed E-state index contributed by atoms with van der Waals surface area (Å²) in [5.41, 5.74) is 1.10. The molecule has 1 aliphatic carbocycles. The Balaban J connectivity index is 1.34. The maximum Gasteiger partial charge on any atom is 0.319 e. The van der Waals surface area contributed by atoms with Gasteiger partial charge in [-0.05, 0) is 19.3 Å². The number of hydrogen-bond donors (Lipinski definition) is 2. The molecule has 4 rings (SSSR count). The van der Waals surface area contributed by atoms with E-state index in [-0.39, 0.29) is 11.2 Å². The number of thiazole rings is 2. The van der Waals surface area contributed by atoms with Gasteiger partial charge in [-0.25, -0.2) is 14.8 Å². The molecule has 0 radical (unpaired) electrons. The first-order valence-electron chi connectivity index (χ1n) is 7.68. The highest BCUT2D eigenvalue weighted by atomic mass is 32.1. The molecule has 2 N–H and O–H groups in total. The number of hydrogen-bond acceptors (Lipinski definition) is 6. The topological polar surface area (TPSA) is 88.4 Å². The fourth-order valence-electron chi connectivity index (χ4n) is 2.71. The van der Waals surface area contributed by atoms with Gasteiger partial charge in [0.05, 0.1) is 16.9 Å². The molecule has 9 heteroatoms. The predicted molar refractivity (Wildman–Crippen MR) is 94.2 cm³/mol. The Morgan fingerprint density at radius 1 is 1.38 bits per heavy atom. The van der Waals surface area contributed by atoms with Gasteiger partial charge in [-0.1, -0.05) is 0 Å². The van der Waals surface area contributed by atoms with Crippen LogP contribution in [-0.4, -0.2) is 26.9 Å². The molecule has 0 fully saturated rings. The van der Waals surface area contributed by atoms with Gasteiger partial charge in [-0.2, -0.15) is 0 Å². The molecule has 0 aliphatic heterocycles. The molecule has 3 aromatic heterocycles. The van der Waals surface area contributed by atoms with Crippen LogP contribution >= 0.6 is 22.7 Å². The van der Waals surface area contributed by atoms with Crippen molar-refractivity contribution in [3.63, 3.8) is 0 Å². The molecule has 24 heavy (non-hydrogen) atoms. The first kappa shape index (κ1) is 15.3. The number of nitrogens with one attached hydrogen (secondary N) is 2. The van der Waals surface area contributed by atoms with Crippen LogP contribution in [0.2, 0.25) is 0 Å².